The third-order valence-corrected chi connectivity index (χ3v) is 8.27. The summed E-state index contributed by atoms with van der Waals surface area (Å²) in [7, 11) is -3.04. The van der Waals surface area contributed by atoms with E-state index in [2.05, 4.69) is 21.2 Å². The molecule has 22 heavy (non-hydrogen) atoms. The number of thioether (sulfide) groups is 1. The molecule has 1 aliphatic heterocycles. The van der Waals surface area contributed by atoms with Crippen LogP contribution in [0.25, 0.3) is 0 Å². The Morgan fingerprint density at radius 1 is 1.55 bits per heavy atom. The molecule has 0 amide bonds. The third kappa shape index (κ3) is 4.40. The molecule has 1 aliphatic rings. The fourth-order valence-electron chi connectivity index (χ4n) is 2.02. The predicted molar refractivity (Wildman–Crippen MR) is 94.6 cm³/mol. The van der Waals surface area contributed by atoms with Gasteiger partial charge in [-0.3, -0.25) is 10.1 Å². The molecule has 6 nitrogen and oxygen atoms in total. The number of halogens is 1. The van der Waals surface area contributed by atoms with Crippen LogP contribution in [0, 0.1) is 10.1 Å². The molecule has 0 spiro atoms. The van der Waals surface area contributed by atoms with Crippen molar-refractivity contribution in [1.82, 2.24) is 5.32 Å². The van der Waals surface area contributed by atoms with Gasteiger partial charge in [0.05, 0.1) is 10.7 Å². The number of nitro groups is 1. The van der Waals surface area contributed by atoms with Gasteiger partial charge in [-0.15, -0.1) is 0 Å². The Labute approximate surface area is 146 Å². The maximum Gasteiger partial charge on any atom is 0.270 e. The highest BCUT2D eigenvalue weighted by atomic mass is 79.9. The first kappa shape index (κ1) is 17.6. The molecule has 0 aliphatic carbocycles. The average molecular weight is 425 g/mol. The van der Waals surface area contributed by atoms with E-state index in [-0.39, 0.29) is 11.4 Å². The van der Waals surface area contributed by atoms with Gasteiger partial charge in [0, 0.05) is 23.2 Å². The van der Waals surface area contributed by atoms with Gasteiger partial charge in [-0.25, -0.2) is 8.42 Å². The van der Waals surface area contributed by atoms with E-state index in [1.807, 2.05) is 0 Å². The number of nitrogens with one attached hydrogen (secondary N) is 1. The fourth-order valence-corrected chi connectivity index (χ4v) is 6.33. The maximum absolute atomic E-state index is 11.7. The zero-order valence-corrected chi connectivity index (χ0v) is 15.4. The summed E-state index contributed by atoms with van der Waals surface area (Å²) in [5, 5.41) is 13.7. The molecular weight excluding hydrogens is 412 g/mol. The molecule has 1 aromatic carbocycles. The van der Waals surface area contributed by atoms with Crippen molar-refractivity contribution in [3.63, 3.8) is 0 Å². The van der Waals surface area contributed by atoms with Gasteiger partial charge in [-0.2, -0.15) is 0 Å². The molecular formula is C12H13BrN2O4S3. The highest BCUT2D eigenvalue weighted by Crippen LogP contribution is 2.30. The van der Waals surface area contributed by atoms with Crippen LogP contribution in [0.2, 0.25) is 0 Å². The Morgan fingerprint density at radius 2 is 2.27 bits per heavy atom. The molecule has 0 saturated carbocycles. The van der Waals surface area contributed by atoms with E-state index in [9.17, 15) is 18.5 Å². The molecule has 0 aromatic heterocycles. The summed E-state index contributed by atoms with van der Waals surface area (Å²) in [4.78, 5) is 10.2. The van der Waals surface area contributed by atoms with Crippen LogP contribution >= 0.6 is 39.9 Å². The zero-order chi connectivity index (χ0) is 16.3. The van der Waals surface area contributed by atoms with Crippen molar-refractivity contribution < 1.29 is 13.3 Å². The number of nitro benzene ring substituents is 1. The van der Waals surface area contributed by atoms with Gasteiger partial charge in [-0.05, 0) is 24.5 Å². The molecule has 1 aromatic rings. The minimum absolute atomic E-state index is 0.00428. The van der Waals surface area contributed by atoms with E-state index in [1.165, 1.54) is 12.1 Å². The molecule has 2 rings (SSSR count). The van der Waals surface area contributed by atoms with Gasteiger partial charge in [0.2, 0.25) is 0 Å². The van der Waals surface area contributed by atoms with E-state index in [4.69, 9.17) is 12.2 Å². The highest BCUT2D eigenvalue weighted by Gasteiger charge is 2.32. The summed E-state index contributed by atoms with van der Waals surface area (Å²) in [5.41, 5.74) is 0.812. The lowest BCUT2D eigenvalue weighted by Gasteiger charge is -2.12. The van der Waals surface area contributed by atoms with E-state index in [1.54, 1.807) is 6.07 Å². The Kier molecular flexibility index (Phi) is 5.81. The van der Waals surface area contributed by atoms with Crippen molar-refractivity contribution in [2.24, 2.45) is 0 Å². The van der Waals surface area contributed by atoms with Crippen LogP contribution in [0.15, 0.2) is 22.7 Å². The SMILES string of the molecule is O=[N+]([O-])c1ccc(CNC(=S)SC2CCCS2(=O)=O)c(Br)c1. The fraction of sp³-hybridized carbons (Fsp3) is 0.417. The minimum atomic E-state index is -3.04. The summed E-state index contributed by atoms with van der Waals surface area (Å²) < 4.78 is 24.1. The summed E-state index contributed by atoms with van der Waals surface area (Å²) in [6, 6.07) is 4.48. The number of hydrogen-bond donors (Lipinski definition) is 1. The first-order chi connectivity index (χ1) is 10.3. The largest absolute Gasteiger partial charge is 0.367 e. The Morgan fingerprint density at radius 3 is 2.82 bits per heavy atom. The molecule has 10 heteroatoms. The lowest BCUT2D eigenvalue weighted by atomic mass is 10.2. The first-order valence-electron chi connectivity index (χ1n) is 6.38. The minimum Gasteiger partial charge on any atom is -0.367 e. The summed E-state index contributed by atoms with van der Waals surface area (Å²) >= 11 is 9.60. The maximum atomic E-state index is 11.7. The highest BCUT2D eigenvalue weighted by molar-refractivity contribution is 9.10. The topological polar surface area (TPSA) is 89.3 Å². The monoisotopic (exact) mass is 424 g/mol. The van der Waals surface area contributed by atoms with Crippen LogP contribution in [-0.2, 0) is 16.4 Å². The summed E-state index contributed by atoms with van der Waals surface area (Å²) in [5.74, 6) is 0.223. The zero-order valence-electron chi connectivity index (χ0n) is 11.3. The number of non-ortho nitro benzene ring substituents is 1. The number of benzene rings is 1. The van der Waals surface area contributed by atoms with Crippen molar-refractivity contribution in [1.29, 1.82) is 0 Å². The van der Waals surface area contributed by atoms with Crippen LogP contribution in [0.3, 0.4) is 0 Å². The quantitative estimate of drug-likeness (QED) is 0.451. The molecule has 1 N–H and O–H groups in total. The van der Waals surface area contributed by atoms with Crippen LogP contribution in [0.5, 0.6) is 0 Å². The van der Waals surface area contributed by atoms with Gasteiger partial charge in [0.1, 0.15) is 8.90 Å². The van der Waals surface area contributed by atoms with Crippen molar-refractivity contribution in [3.8, 4) is 0 Å². The number of nitrogens with zero attached hydrogens (tertiary/aromatic N) is 1. The number of thiocarbonyl (C=S) groups is 1. The normalized spacial score (nSPS) is 19.8. The van der Waals surface area contributed by atoms with Gasteiger partial charge in [-0.1, -0.05) is 39.9 Å². The van der Waals surface area contributed by atoms with E-state index < -0.39 is 19.3 Å². The Bertz CT molecular complexity index is 708. The van der Waals surface area contributed by atoms with Crippen molar-refractivity contribution >= 4 is 59.8 Å². The molecule has 1 unspecified atom stereocenters. The van der Waals surface area contributed by atoms with Crippen molar-refractivity contribution in [3.05, 3.63) is 38.3 Å². The van der Waals surface area contributed by atoms with Gasteiger partial charge in [0.25, 0.3) is 5.69 Å². The number of sulfone groups is 1. The van der Waals surface area contributed by atoms with Crippen LogP contribution in [0.1, 0.15) is 18.4 Å². The summed E-state index contributed by atoms with van der Waals surface area (Å²) in [6.45, 7) is 0.372. The smallest absolute Gasteiger partial charge is 0.270 e. The Balaban J connectivity index is 1.93. The first-order valence-corrected chi connectivity index (χ1v) is 10.2. The van der Waals surface area contributed by atoms with Gasteiger partial charge < -0.3 is 5.32 Å². The van der Waals surface area contributed by atoms with E-state index >= 15 is 0 Å². The second kappa shape index (κ2) is 7.24. The van der Waals surface area contributed by atoms with Gasteiger partial charge in [0.15, 0.2) is 9.84 Å². The lowest BCUT2D eigenvalue weighted by Crippen LogP contribution is -2.23. The third-order valence-electron chi connectivity index (χ3n) is 3.18. The number of hydrogen-bond acceptors (Lipinski definition) is 6. The second-order valence-electron chi connectivity index (χ2n) is 4.73. The predicted octanol–water partition coefficient (Wildman–Crippen LogP) is 3.00. The van der Waals surface area contributed by atoms with Crippen molar-refractivity contribution in [2.45, 2.75) is 24.0 Å². The van der Waals surface area contributed by atoms with Gasteiger partial charge >= 0.3 is 0 Å². The van der Waals surface area contributed by atoms with E-state index in [0.717, 1.165) is 17.3 Å². The molecule has 1 saturated heterocycles. The molecule has 120 valence electrons. The van der Waals surface area contributed by atoms with E-state index in [0.29, 0.717) is 28.2 Å². The van der Waals surface area contributed by atoms with Crippen LogP contribution in [0.4, 0.5) is 5.69 Å². The molecule has 1 fully saturated rings. The standard InChI is InChI=1S/C12H13BrN2O4S3/c13-10-6-9(15(16)17)4-3-8(10)7-14-12(20)21-11-2-1-5-22(11,18)19/h3-4,6,11H,1-2,5,7H2,(H,14,20). The van der Waals surface area contributed by atoms with Crippen LogP contribution < -0.4 is 5.32 Å². The Hall–Kier alpha value is -0.710. The molecule has 0 bridgehead atoms. The van der Waals surface area contributed by atoms with Crippen molar-refractivity contribution in [2.75, 3.05) is 5.75 Å². The summed E-state index contributed by atoms with van der Waals surface area (Å²) in [6.07, 6.45) is 1.30. The number of rotatable bonds is 4. The molecule has 0 radical (unpaired) electrons. The lowest BCUT2D eigenvalue weighted by molar-refractivity contribution is -0.384. The second-order valence-corrected chi connectivity index (χ2v) is 10.1. The van der Waals surface area contributed by atoms with Crippen LogP contribution in [-0.4, -0.2) is 28.0 Å². The molecule has 1 heterocycles. The molecule has 1 atom stereocenters. The average Bonchev–Trinajstić information content (AvgIpc) is 2.76.